The first-order valence-electron chi connectivity index (χ1n) is 9.06. The normalized spacial score (nSPS) is 11.7. The molecule has 0 atom stereocenters. The fourth-order valence-electron chi connectivity index (χ4n) is 2.66. The van der Waals surface area contributed by atoms with Crippen LogP contribution in [0.3, 0.4) is 0 Å². The van der Waals surface area contributed by atoms with Crippen LogP contribution in [-0.4, -0.2) is 33.9 Å². The first-order valence-corrected chi connectivity index (χ1v) is 11.4. The number of rotatable bonds is 7. The van der Waals surface area contributed by atoms with E-state index in [2.05, 4.69) is 10.0 Å². The third-order valence-corrected chi connectivity index (χ3v) is 6.67. The summed E-state index contributed by atoms with van der Waals surface area (Å²) in [6.45, 7) is 2.07. The minimum atomic E-state index is -3.49. The summed E-state index contributed by atoms with van der Waals surface area (Å²) in [5.74, 6) is -0.692. The van der Waals surface area contributed by atoms with Crippen molar-refractivity contribution in [2.24, 2.45) is 0 Å². The fourth-order valence-corrected chi connectivity index (χ4v) is 4.32. The maximum absolute atomic E-state index is 12.2. The predicted octanol–water partition coefficient (Wildman–Crippen LogP) is 3.64. The second-order valence-corrected chi connectivity index (χ2v) is 9.15. The monoisotopic (exact) mass is 444 g/mol. The lowest BCUT2D eigenvalue weighted by Crippen LogP contribution is -2.18. The van der Waals surface area contributed by atoms with Crippen molar-refractivity contribution in [3.63, 3.8) is 0 Å². The molecule has 0 unspecified atom stereocenters. The fraction of sp³-hybridized carbons (Fsp3) is 0.143. The van der Waals surface area contributed by atoms with Gasteiger partial charge in [0.1, 0.15) is 4.88 Å². The van der Waals surface area contributed by atoms with Crippen LogP contribution in [0.2, 0.25) is 0 Å². The number of carbonyl (C=O) groups is 2. The molecular weight excluding hydrogens is 424 g/mol. The first-order chi connectivity index (χ1) is 14.3. The summed E-state index contributed by atoms with van der Waals surface area (Å²) in [7, 11) is -2.15. The standard InChI is InChI=1S/C21H20N2O5S2/c1-3-28-21(25)19-13-15-12-16(7-10-18(15)29-19)23-20(24)11-6-14-4-8-17(9-5-14)30(26,27)22-2/h4-13,22H,3H2,1-2H3,(H,23,24)/b11-6+. The van der Waals surface area contributed by atoms with Crippen LogP contribution in [-0.2, 0) is 19.6 Å². The van der Waals surface area contributed by atoms with Gasteiger partial charge in [-0.05, 0) is 67.4 Å². The average Bonchev–Trinajstić information content (AvgIpc) is 3.16. The van der Waals surface area contributed by atoms with Gasteiger partial charge in [-0.3, -0.25) is 4.79 Å². The Morgan fingerprint density at radius 3 is 2.50 bits per heavy atom. The largest absolute Gasteiger partial charge is 0.462 e. The first kappa shape index (κ1) is 21.7. The zero-order valence-corrected chi connectivity index (χ0v) is 18.0. The van der Waals surface area contributed by atoms with E-state index in [-0.39, 0.29) is 16.8 Å². The highest BCUT2D eigenvalue weighted by molar-refractivity contribution is 7.89. The number of esters is 1. The lowest BCUT2D eigenvalue weighted by atomic mass is 10.2. The maximum atomic E-state index is 12.2. The molecule has 2 aromatic carbocycles. The Balaban J connectivity index is 1.68. The number of ether oxygens (including phenoxy) is 1. The molecule has 0 fully saturated rings. The second-order valence-electron chi connectivity index (χ2n) is 6.18. The number of benzene rings is 2. The quantitative estimate of drug-likeness (QED) is 0.428. The zero-order chi connectivity index (χ0) is 21.7. The smallest absolute Gasteiger partial charge is 0.348 e. The molecular formula is C21H20N2O5S2. The Kier molecular flexibility index (Phi) is 6.66. The van der Waals surface area contributed by atoms with Crippen LogP contribution in [0.1, 0.15) is 22.2 Å². The van der Waals surface area contributed by atoms with E-state index in [0.29, 0.717) is 22.7 Å². The van der Waals surface area contributed by atoms with Crippen LogP contribution in [0.15, 0.2) is 59.5 Å². The molecule has 1 aromatic heterocycles. The van der Waals surface area contributed by atoms with Gasteiger partial charge < -0.3 is 10.1 Å². The number of carbonyl (C=O) groups excluding carboxylic acids is 2. The third-order valence-electron chi connectivity index (χ3n) is 4.15. The topological polar surface area (TPSA) is 102 Å². The summed E-state index contributed by atoms with van der Waals surface area (Å²) in [5.41, 5.74) is 1.29. The Morgan fingerprint density at radius 1 is 1.10 bits per heavy atom. The third kappa shape index (κ3) is 5.12. The molecule has 0 saturated carbocycles. The van der Waals surface area contributed by atoms with Crippen molar-refractivity contribution in [3.8, 4) is 0 Å². The number of fused-ring (bicyclic) bond motifs is 1. The molecule has 0 radical (unpaired) electrons. The van der Waals surface area contributed by atoms with Crippen LogP contribution in [0.4, 0.5) is 5.69 Å². The number of thiophene rings is 1. The molecule has 1 amide bonds. The van der Waals surface area contributed by atoms with Gasteiger partial charge >= 0.3 is 5.97 Å². The van der Waals surface area contributed by atoms with E-state index >= 15 is 0 Å². The zero-order valence-electron chi connectivity index (χ0n) is 16.3. The minimum absolute atomic E-state index is 0.151. The van der Waals surface area contributed by atoms with Gasteiger partial charge in [0, 0.05) is 16.5 Å². The predicted molar refractivity (Wildman–Crippen MR) is 118 cm³/mol. The van der Waals surface area contributed by atoms with Crippen LogP contribution >= 0.6 is 11.3 Å². The molecule has 9 heteroatoms. The lowest BCUT2D eigenvalue weighted by molar-refractivity contribution is -0.111. The summed E-state index contributed by atoms with van der Waals surface area (Å²) in [4.78, 5) is 24.7. The Labute approximate surface area is 178 Å². The number of amides is 1. The summed E-state index contributed by atoms with van der Waals surface area (Å²) in [6, 6.07) is 13.3. The van der Waals surface area contributed by atoms with E-state index in [1.165, 1.54) is 36.6 Å². The Morgan fingerprint density at radius 2 is 1.83 bits per heavy atom. The molecule has 0 aliphatic heterocycles. The van der Waals surface area contributed by atoms with Gasteiger partial charge in [0.15, 0.2) is 0 Å². The number of sulfonamides is 1. The Hall–Kier alpha value is -3.01. The number of anilines is 1. The van der Waals surface area contributed by atoms with Crippen molar-refractivity contribution in [3.05, 3.63) is 65.0 Å². The van der Waals surface area contributed by atoms with E-state index in [0.717, 1.165) is 10.1 Å². The molecule has 0 spiro atoms. The van der Waals surface area contributed by atoms with Crippen molar-refractivity contribution in [1.29, 1.82) is 0 Å². The van der Waals surface area contributed by atoms with Gasteiger partial charge in [-0.1, -0.05) is 12.1 Å². The molecule has 30 heavy (non-hydrogen) atoms. The number of hydrogen-bond donors (Lipinski definition) is 2. The molecule has 1 heterocycles. The van der Waals surface area contributed by atoms with Crippen LogP contribution in [0.5, 0.6) is 0 Å². The molecule has 156 valence electrons. The molecule has 0 bridgehead atoms. The van der Waals surface area contributed by atoms with Crippen LogP contribution in [0.25, 0.3) is 16.2 Å². The summed E-state index contributed by atoms with van der Waals surface area (Å²) in [6.07, 6.45) is 2.95. The summed E-state index contributed by atoms with van der Waals surface area (Å²) >= 11 is 1.34. The SMILES string of the molecule is CCOC(=O)c1cc2cc(NC(=O)/C=C/c3ccc(S(=O)(=O)NC)cc3)ccc2s1. The highest BCUT2D eigenvalue weighted by atomic mass is 32.2. The Bertz CT molecular complexity index is 1210. The van der Waals surface area contributed by atoms with Crippen molar-refractivity contribution >= 4 is 55.1 Å². The van der Waals surface area contributed by atoms with Gasteiger partial charge in [0.2, 0.25) is 15.9 Å². The van der Waals surface area contributed by atoms with Crippen molar-refractivity contribution in [1.82, 2.24) is 4.72 Å². The molecule has 3 rings (SSSR count). The van der Waals surface area contributed by atoms with Crippen molar-refractivity contribution in [2.75, 3.05) is 19.0 Å². The van der Waals surface area contributed by atoms with Gasteiger partial charge in [-0.2, -0.15) is 0 Å². The molecule has 2 N–H and O–H groups in total. The van der Waals surface area contributed by atoms with Gasteiger partial charge in [-0.15, -0.1) is 11.3 Å². The number of nitrogens with one attached hydrogen (secondary N) is 2. The van der Waals surface area contributed by atoms with Crippen LogP contribution in [0, 0.1) is 0 Å². The van der Waals surface area contributed by atoms with E-state index in [1.54, 1.807) is 43.3 Å². The van der Waals surface area contributed by atoms with Crippen molar-refractivity contribution < 1.29 is 22.7 Å². The van der Waals surface area contributed by atoms with Crippen LogP contribution < -0.4 is 10.0 Å². The van der Waals surface area contributed by atoms with Gasteiger partial charge in [0.25, 0.3) is 0 Å². The van der Waals surface area contributed by atoms with Gasteiger partial charge in [-0.25, -0.2) is 17.9 Å². The summed E-state index contributed by atoms with van der Waals surface area (Å²) in [5, 5.41) is 3.61. The summed E-state index contributed by atoms with van der Waals surface area (Å²) < 4.78 is 31.6. The van der Waals surface area contributed by atoms with Gasteiger partial charge in [0.05, 0.1) is 11.5 Å². The molecule has 0 saturated heterocycles. The van der Waals surface area contributed by atoms with E-state index in [4.69, 9.17) is 4.74 Å². The van der Waals surface area contributed by atoms with E-state index < -0.39 is 10.0 Å². The van der Waals surface area contributed by atoms with E-state index in [1.807, 2.05) is 6.07 Å². The van der Waals surface area contributed by atoms with E-state index in [9.17, 15) is 18.0 Å². The highest BCUT2D eigenvalue weighted by Gasteiger charge is 2.12. The molecule has 0 aliphatic carbocycles. The maximum Gasteiger partial charge on any atom is 0.348 e. The molecule has 0 aliphatic rings. The molecule has 7 nitrogen and oxygen atoms in total. The average molecular weight is 445 g/mol. The highest BCUT2D eigenvalue weighted by Crippen LogP contribution is 2.28. The van der Waals surface area contributed by atoms with Crippen molar-refractivity contribution in [2.45, 2.75) is 11.8 Å². The minimum Gasteiger partial charge on any atom is -0.462 e. The second kappa shape index (κ2) is 9.21. The lowest BCUT2D eigenvalue weighted by Gasteiger charge is -2.03. The molecule has 3 aromatic rings. The number of hydrogen-bond acceptors (Lipinski definition) is 6.